The van der Waals surface area contributed by atoms with Crippen molar-refractivity contribution in [2.75, 3.05) is 6.54 Å². The van der Waals surface area contributed by atoms with Gasteiger partial charge in [0.25, 0.3) is 5.91 Å². The van der Waals surface area contributed by atoms with Crippen LogP contribution in [-0.4, -0.2) is 18.0 Å². The lowest BCUT2D eigenvalue weighted by molar-refractivity contribution is 0.0938. The molecule has 0 aromatic heterocycles. The van der Waals surface area contributed by atoms with Crippen molar-refractivity contribution in [2.24, 2.45) is 5.73 Å². The molecule has 108 valence electrons. The zero-order chi connectivity index (χ0) is 13.8. The lowest BCUT2D eigenvalue weighted by atomic mass is 9.94. The number of nitrogens with one attached hydrogen (secondary N) is 1. The van der Waals surface area contributed by atoms with Crippen molar-refractivity contribution in [2.45, 2.75) is 32.2 Å². The van der Waals surface area contributed by atoms with Gasteiger partial charge in [0.1, 0.15) is 0 Å². The molecule has 0 saturated heterocycles. The highest BCUT2D eigenvalue weighted by molar-refractivity contribution is 6.31. The van der Waals surface area contributed by atoms with Crippen LogP contribution in [-0.2, 0) is 0 Å². The Morgan fingerprint density at radius 2 is 2.00 bits per heavy atom. The van der Waals surface area contributed by atoms with Gasteiger partial charge in [0.15, 0.2) is 5.82 Å². The Morgan fingerprint density at radius 3 is 2.53 bits per heavy atom. The van der Waals surface area contributed by atoms with E-state index in [-0.39, 0.29) is 23.0 Å². The summed E-state index contributed by atoms with van der Waals surface area (Å²) in [6, 6.07) is 4.33. The second kappa shape index (κ2) is 7.68. The largest absolute Gasteiger partial charge is 0.350 e. The van der Waals surface area contributed by atoms with Crippen LogP contribution in [0.5, 0.6) is 0 Å². The summed E-state index contributed by atoms with van der Waals surface area (Å²) < 4.78 is 13.6. The molecule has 0 heterocycles. The standard InChI is InChI=1S/C13H18ClFN2O.ClH/c1-3-13(16,4-2)8-17-12(18)9-6-5-7-10(14)11(9)15;/h5-7H,3-4,8,16H2,1-2H3,(H,17,18);1H. The molecule has 0 radical (unpaired) electrons. The molecule has 0 aliphatic carbocycles. The lowest BCUT2D eigenvalue weighted by Gasteiger charge is -2.26. The molecule has 0 fully saturated rings. The number of benzene rings is 1. The van der Waals surface area contributed by atoms with Crippen molar-refractivity contribution in [1.82, 2.24) is 5.32 Å². The topological polar surface area (TPSA) is 55.1 Å². The van der Waals surface area contributed by atoms with Gasteiger partial charge in [-0.1, -0.05) is 31.5 Å². The molecule has 0 bridgehead atoms. The van der Waals surface area contributed by atoms with Crippen LogP contribution >= 0.6 is 24.0 Å². The van der Waals surface area contributed by atoms with E-state index in [2.05, 4.69) is 5.32 Å². The zero-order valence-electron chi connectivity index (χ0n) is 11.0. The van der Waals surface area contributed by atoms with Crippen molar-refractivity contribution in [3.8, 4) is 0 Å². The Morgan fingerprint density at radius 1 is 1.42 bits per heavy atom. The van der Waals surface area contributed by atoms with Gasteiger partial charge >= 0.3 is 0 Å². The molecule has 0 saturated carbocycles. The zero-order valence-corrected chi connectivity index (χ0v) is 12.6. The van der Waals surface area contributed by atoms with Gasteiger partial charge in [0.2, 0.25) is 0 Å². The average Bonchev–Trinajstić information content (AvgIpc) is 2.39. The van der Waals surface area contributed by atoms with Crippen molar-refractivity contribution in [3.05, 3.63) is 34.6 Å². The van der Waals surface area contributed by atoms with Gasteiger partial charge in [-0.15, -0.1) is 12.4 Å². The monoisotopic (exact) mass is 308 g/mol. The van der Waals surface area contributed by atoms with Crippen molar-refractivity contribution < 1.29 is 9.18 Å². The normalized spacial score (nSPS) is 10.8. The fraction of sp³-hybridized carbons (Fsp3) is 0.462. The SMILES string of the molecule is CCC(N)(CC)CNC(=O)c1cccc(Cl)c1F.Cl. The highest BCUT2D eigenvalue weighted by Crippen LogP contribution is 2.18. The summed E-state index contributed by atoms with van der Waals surface area (Å²) >= 11 is 5.62. The molecular formula is C13H19Cl2FN2O. The molecule has 19 heavy (non-hydrogen) atoms. The van der Waals surface area contributed by atoms with E-state index in [1.807, 2.05) is 13.8 Å². The van der Waals surface area contributed by atoms with E-state index in [1.165, 1.54) is 18.2 Å². The molecule has 3 N–H and O–H groups in total. The molecule has 1 aromatic rings. The number of halogens is 3. The van der Waals surface area contributed by atoms with Gasteiger partial charge in [-0.2, -0.15) is 0 Å². The fourth-order valence-corrected chi connectivity index (χ4v) is 1.71. The minimum absolute atomic E-state index is 0. The molecule has 1 rings (SSSR count). The van der Waals surface area contributed by atoms with Gasteiger partial charge in [0.05, 0.1) is 10.6 Å². The Bertz CT molecular complexity index is 437. The van der Waals surface area contributed by atoms with Crippen molar-refractivity contribution in [1.29, 1.82) is 0 Å². The maximum absolute atomic E-state index is 13.6. The number of nitrogens with two attached hydrogens (primary N) is 1. The third-order valence-electron chi connectivity index (χ3n) is 3.21. The third kappa shape index (κ3) is 4.64. The van der Waals surface area contributed by atoms with Gasteiger partial charge in [-0.25, -0.2) is 4.39 Å². The van der Waals surface area contributed by atoms with Gasteiger partial charge < -0.3 is 11.1 Å². The predicted molar refractivity (Wildman–Crippen MR) is 78.5 cm³/mol. The van der Waals surface area contributed by atoms with E-state index in [4.69, 9.17) is 17.3 Å². The number of rotatable bonds is 5. The number of amides is 1. The number of hydrogen-bond donors (Lipinski definition) is 2. The van der Waals surface area contributed by atoms with Crippen LogP contribution in [0.2, 0.25) is 5.02 Å². The highest BCUT2D eigenvalue weighted by Gasteiger charge is 2.22. The summed E-state index contributed by atoms with van der Waals surface area (Å²) in [5, 5.41) is 2.58. The highest BCUT2D eigenvalue weighted by atomic mass is 35.5. The minimum atomic E-state index is -0.702. The van der Waals surface area contributed by atoms with Crippen molar-refractivity contribution in [3.63, 3.8) is 0 Å². The summed E-state index contributed by atoms with van der Waals surface area (Å²) in [6.07, 6.45) is 1.48. The third-order valence-corrected chi connectivity index (χ3v) is 3.50. The predicted octanol–water partition coefficient (Wildman–Crippen LogP) is 3.15. The number of carbonyl (C=O) groups is 1. The first-order valence-electron chi connectivity index (χ1n) is 5.94. The molecule has 3 nitrogen and oxygen atoms in total. The molecule has 0 aliphatic heterocycles. The van der Waals surface area contributed by atoms with Gasteiger partial charge in [-0.3, -0.25) is 4.79 Å². The quantitative estimate of drug-likeness (QED) is 0.878. The Balaban J connectivity index is 0.00000324. The van der Waals surface area contributed by atoms with E-state index in [1.54, 1.807) is 0 Å². The summed E-state index contributed by atoms with van der Waals surface area (Å²) in [6.45, 7) is 4.22. The smallest absolute Gasteiger partial charge is 0.254 e. The molecule has 0 spiro atoms. The lowest BCUT2D eigenvalue weighted by Crippen LogP contribution is -2.49. The fourth-order valence-electron chi connectivity index (χ4n) is 1.53. The molecule has 0 unspecified atom stereocenters. The molecule has 1 amide bonds. The van der Waals surface area contributed by atoms with Crippen LogP contribution < -0.4 is 11.1 Å². The van der Waals surface area contributed by atoms with E-state index in [9.17, 15) is 9.18 Å². The number of carbonyl (C=O) groups excluding carboxylic acids is 1. The Kier molecular flexibility index (Phi) is 7.34. The number of hydrogen-bond acceptors (Lipinski definition) is 2. The van der Waals surface area contributed by atoms with Crippen LogP contribution in [0, 0.1) is 5.82 Å². The Labute approximate surface area is 124 Å². The Hall–Kier alpha value is -0.840. The van der Waals surface area contributed by atoms with Crippen LogP contribution in [0.4, 0.5) is 4.39 Å². The minimum Gasteiger partial charge on any atom is -0.350 e. The molecule has 6 heteroatoms. The summed E-state index contributed by atoms with van der Waals surface area (Å²) in [4.78, 5) is 11.8. The molecule has 0 aliphatic rings. The summed E-state index contributed by atoms with van der Waals surface area (Å²) in [5.41, 5.74) is 5.54. The first kappa shape index (κ1) is 18.2. The van der Waals surface area contributed by atoms with E-state index in [0.29, 0.717) is 6.54 Å². The second-order valence-corrected chi connectivity index (χ2v) is 4.76. The summed E-state index contributed by atoms with van der Waals surface area (Å²) in [7, 11) is 0. The average molecular weight is 309 g/mol. The second-order valence-electron chi connectivity index (χ2n) is 4.35. The maximum Gasteiger partial charge on any atom is 0.254 e. The van der Waals surface area contributed by atoms with Crippen LogP contribution in [0.3, 0.4) is 0 Å². The molecule has 1 aromatic carbocycles. The van der Waals surface area contributed by atoms with E-state index >= 15 is 0 Å². The molecular weight excluding hydrogens is 290 g/mol. The van der Waals surface area contributed by atoms with Crippen LogP contribution in [0.1, 0.15) is 37.0 Å². The van der Waals surface area contributed by atoms with Crippen molar-refractivity contribution >= 4 is 29.9 Å². The molecule has 0 atom stereocenters. The van der Waals surface area contributed by atoms with E-state index in [0.717, 1.165) is 12.8 Å². The van der Waals surface area contributed by atoms with Gasteiger partial charge in [-0.05, 0) is 25.0 Å². The van der Waals surface area contributed by atoms with Crippen LogP contribution in [0.15, 0.2) is 18.2 Å². The van der Waals surface area contributed by atoms with E-state index < -0.39 is 17.3 Å². The maximum atomic E-state index is 13.6. The van der Waals surface area contributed by atoms with Gasteiger partial charge in [0, 0.05) is 12.1 Å². The summed E-state index contributed by atoms with van der Waals surface area (Å²) in [5.74, 6) is -1.20. The first-order chi connectivity index (χ1) is 8.43. The van der Waals surface area contributed by atoms with Crippen LogP contribution in [0.25, 0.3) is 0 Å². The first-order valence-corrected chi connectivity index (χ1v) is 6.32.